The second-order valence-electron chi connectivity index (χ2n) is 10.8. The molecule has 0 radical (unpaired) electrons. The highest BCUT2D eigenvalue weighted by Crippen LogP contribution is 2.54. The third-order valence-corrected chi connectivity index (χ3v) is 8.42. The van der Waals surface area contributed by atoms with Crippen LogP contribution in [-0.4, -0.2) is 32.7 Å². The quantitative estimate of drug-likeness (QED) is 0.284. The van der Waals surface area contributed by atoms with Crippen molar-refractivity contribution >= 4 is 5.97 Å². The SMILES string of the molecule is CCOC(=O)CCc1cc(-c2nc(-c3ccccc3F)c3c(n2)[C@]2(C)Cc4cnoc4[C@H](C)[C@H]2CC3)ccn1. The van der Waals surface area contributed by atoms with E-state index in [0.717, 1.165) is 53.1 Å². The van der Waals surface area contributed by atoms with Crippen LogP contribution in [0, 0.1) is 11.7 Å². The van der Waals surface area contributed by atoms with E-state index >= 15 is 4.39 Å². The molecule has 2 aliphatic carbocycles. The van der Waals surface area contributed by atoms with Crippen LogP contribution in [0.5, 0.6) is 0 Å². The van der Waals surface area contributed by atoms with Crippen molar-refractivity contribution in [2.24, 2.45) is 5.92 Å². The first-order valence-electron chi connectivity index (χ1n) is 13.6. The van der Waals surface area contributed by atoms with Gasteiger partial charge in [0.05, 0.1) is 30.6 Å². The Bertz CT molecular complexity index is 1550. The van der Waals surface area contributed by atoms with Crippen molar-refractivity contribution in [3.05, 3.63) is 82.9 Å². The molecule has 200 valence electrons. The zero-order chi connectivity index (χ0) is 27.1. The molecule has 0 amide bonds. The number of rotatable bonds is 6. The van der Waals surface area contributed by atoms with Crippen LogP contribution < -0.4 is 0 Å². The molecule has 8 heteroatoms. The van der Waals surface area contributed by atoms with Crippen LogP contribution in [0.4, 0.5) is 4.39 Å². The average molecular weight is 527 g/mol. The highest BCUT2D eigenvalue weighted by Gasteiger charge is 2.50. The van der Waals surface area contributed by atoms with Crippen LogP contribution in [0.2, 0.25) is 0 Å². The lowest BCUT2D eigenvalue weighted by molar-refractivity contribution is -0.143. The maximum atomic E-state index is 15.2. The number of fused-ring (bicyclic) bond motifs is 4. The average Bonchev–Trinajstić information content (AvgIpc) is 3.40. The minimum atomic E-state index is -0.306. The van der Waals surface area contributed by atoms with Crippen LogP contribution in [0.15, 0.2) is 53.3 Å². The molecule has 0 unspecified atom stereocenters. The summed E-state index contributed by atoms with van der Waals surface area (Å²) in [5.74, 6) is 1.43. The van der Waals surface area contributed by atoms with E-state index in [1.54, 1.807) is 25.3 Å². The van der Waals surface area contributed by atoms with E-state index in [4.69, 9.17) is 19.2 Å². The molecule has 6 rings (SSSR count). The number of carbonyl (C=O) groups is 1. The second-order valence-corrected chi connectivity index (χ2v) is 10.8. The molecule has 3 heterocycles. The van der Waals surface area contributed by atoms with Crippen molar-refractivity contribution < 1.29 is 18.4 Å². The van der Waals surface area contributed by atoms with E-state index in [9.17, 15) is 4.79 Å². The Morgan fingerprint density at radius 2 is 2.08 bits per heavy atom. The zero-order valence-corrected chi connectivity index (χ0v) is 22.4. The fourth-order valence-electron chi connectivity index (χ4n) is 6.58. The number of halogens is 1. The maximum absolute atomic E-state index is 15.2. The summed E-state index contributed by atoms with van der Waals surface area (Å²) < 4.78 is 25.9. The first-order chi connectivity index (χ1) is 18.9. The summed E-state index contributed by atoms with van der Waals surface area (Å²) in [5, 5.41) is 4.09. The van der Waals surface area contributed by atoms with Gasteiger partial charge in [-0.15, -0.1) is 0 Å². The van der Waals surface area contributed by atoms with Gasteiger partial charge in [0.2, 0.25) is 0 Å². The van der Waals surface area contributed by atoms with Crippen molar-refractivity contribution in [2.75, 3.05) is 6.61 Å². The number of benzene rings is 1. The Balaban J connectivity index is 1.49. The number of hydrogen-bond acceptors (Lipinski definition) is 7. The lowest BCUT2D eigenvalue weighted by Gasteiger charge is -2.47. The third kappa shape index (κ3) is 4.41. The maximum Gasteiger partial charge on any atom is 0.306 e. The van der Waals surface area contributed by atoms with Crippen molar-refractivity contribution in [1.29, 1.82) is 0 Å². The van der Waals surface area contributed by atoms with Crippen LogP contribution in [0.1, 0.15) is 67.8 Å². The summed E-state index contributed by atoms with van der Waals surface area (Å²) >= 11 is 0. The summed E-state index contributed by atoms with van der Waals surface area (Å²) in [6.45, 7) is 6.61. The van der Waals surface area contributed by atoms with E-state index < -0.39 is 0 Å². The molecule has 0 fully saturated rings. The lowest BCUT2D eigenvalue weighted by Crippen LogP contribution is -2.45. The Morgan fingerprint density at radius 1 is 1.23 bits per heavy atom. The van der Waals surface area contributed by atoms with E-state index in [0.29, 0.717) is 36.0 Å². The Morgan fingerprint density at radius 3 is 2.90 bits per heavy atom. The minimum absolute atomic E-state index is 0.195. The van der Waals surface area contributed by atoms with Gasteiger partial charge in [0.25, 0.3) is 0 Å². The molecule has 3 aromatic heterocycles. The molecule has 0 spiro atoms. The molecule has 0 saturated heterocycles. The highest BCUT2D eigenvalue weighted by molar-refractivity contribution is 5.71. The molecular formula is C31H31FN4O3. The number of aryl methyl sites for hydroxylation is 1. The largest absolute Gasteiger partial charge is 0.466 e. The van der Waals surface area contributed by atoms with Gasteiger partial charge in [-0.1, -0.05) is 31.1 Å². The fourth-order valence-corrected chi connectivity index (χ4v) is 6.58. The molecular weight excluding hydrogens is 495 g/mol. The van der Waals surface area contributed by atoms with E-state index in [1.807, 2.05) is 24.4 Å². The van der Waals surface area contributed by atoms with Crippen molar-refractivity contribution in [3.8, 4) is 22.6 Å². The Labute approximate surface area is 226 Å². The van der Waals surface area contributed by atoms with Gasteiger partial charge in [0, 0.05) is 51.9 Å². The topological polar surface area (TPSA) is 91.0 Å². The number of nitrogens with zero attached hydrogens (tertiary/aromatic N) is 4. The molecule has 2 aliphatic rings. The summed E-state index contributed by atoms with van der Waals surface area (Å²) in [5.41, 5.74) is 5.43. The Hall–Kier alpha value is -3.94. The number of pyridine rings is 1. The van der Waals surface area contributed by atoms with Crippen molar-refractivity contribution in [2.45, 2.75) is 64.2 Å². The van der Waals surface area contributed by atoms with Crippen molar-refractivity contribution in [3.63, 3.8) is 0 Å². The first-order valence-corrected chi connectivity index (χ1v) is 13.6. The number of esters is 1. The van der Waals surface area contributed by atoms with Gasteiger partial charge in [-0.2, -0.15) is 0 Å². The smallest absolute Gasteiger partial charge is 0.306 e. The van der Waals surface area contributed by atoms with E-state index in [2.05, 4.69) is 24.0 Å². The van der Waals surface area contributed by atoms with Crippen LogP contribution in [-0.2, 0) is 34.2 Å². The van der Waals surface area contributed by atoms with Crippen LogP contribution in [0.25, 0.3) is 22.6 Å². The van der Waals surface area contributed by atoms with Gasteiger partial charge >= 0.3 is 5.97 Å². The standard InChI is InChI=1S/C31H31FN4O3/c1-4-38-26(37)12-9-21-15-19(13-14-33-21)30-35-27(22-7-5-6-8-25(22)32)23-10-11-24-18(2)28-20(17-34-39-28)16-31(24,3)29(23)36-30/h5-8,13-15,17-18,24H,4,9-12,16H2,1-3H3/t18-,24-,31-/m1/s1. The lowest BCUT2D eigenvalue weighted by atomic mass is 9.56. The Kier molecular flexibility index (Phi) is 6.49. The van der Waals surface area contributed by atoms with Gasteiger partial charge in [-0.3, -0.25) is 9.78 Å². The molecule has 3 atom stereocenters. The monoisotopic (exact) mass is 526 g/mol. The molecule has 0 saturated carbocycles. The highest BCUT2D eigenvalue weighted by atomic mass is 19.1. The normalized spacial score (nSPS) is 21.5. The molecule has 1 aromatic carbocycles. The number of carbonyl (C=O) groups excluding carboxylic acids is 1. The van der Waals surface area contributed by atoms with Gasteiger partial charge in [-0.05, 0) is 56.4 Å². The predicted octanol–water partition coefficient (Wildman–Crippen LogP) is 6.01. The molecule has 4 aromatic rings. The summed E-state index contributed by atoms with van der Waals surface area (Å²) in [7, 11) is 0. The summed E-state index contributed by atoms with van der Waals surface area (Å²) in [4.78, 5) is 26.5. The van der Waals surface area contributed by atoms with E-state index in [-0.39, 0.29) is 29.5 Å². The molecule has 0 N–H and O–H groups in total. The zero-order valence-electron chi connectivity index (χ0n) is 22.4. The first kappa shape index (κ1) is 25.3. The predicted molar refractivity (Wildman–Crippen MR) is 143 cm³/mol. The van der Waals surface area contributed by atoms with Crippen LogP contribution >= 0.6 is 0 Å². The molecule has 7 nitrogen and oxygen atoms in total. The number of aromatic nitrogens is 4. The third-order valence-electron chi connectivity index (χ3n) is 8.42. The molecule has 0 aliphatic heterocycles. The molecule has 39 heavy (non-hydrogen) atoms. The summed E-state index contributed by atoms with van der Waals surface area (Å²) in [6, 6.07) is 10.6. The van der Waals surface area contributed by atoms with Gasteiger partial charge < -0.3 is 9.26 Å². The van der Waals surface area contributed by atoms with Crippen LogP contribution in [0.3, 0.4) is 0 Å². The van der Waals surface area contributed by atoms with Gasteiger partial charge in [0.15, 0.2) is 5.82 Å². The molecule has 0 bridgehead atoms. The summed E-state index contributed by atoms with van der Waals surface area (Å²) in [6.07, 6.45) is 6.66. The number of ether oxygens (including phenoxy) is 1. The fraction of sp³-hybridized carbons (Fsp3) is 0.387. The van der Waals surface area contributed by atoms with E-state index in [1.165, 1.54) is 6.07 Å². The van der Waals surface area contributed by atoms with Gasteiger partial charge in [0.1, 0.15) is 11.6 Å². The number of hydrogen-bond donors (Lipinski definition) is 0. The minimum Gasteiger partial charge on any atom is -0.466 e. The van der Waals surface area contributed by atoms with Crippen molar-refractivity contribution in [1.82, 2.24) is 20.1 Å². The second kappa shape index (κ2) is 9.98. The van der Waals surface area contributed by atoms with Gasteiger partial charge in [-0.25, -0.2) is 14.4 Å².